The van der Waals surface area contributed by atoms with Gasteiger partial charge in [0.25, 0.3) is 0 Å². The summed E-state index contributed by atoms with van der Waals surface area (Å²) in [6.45, 7) is -0.470. The molecule has 3 rings (SSSR count). The van der Waals surface area contributed by atoms with Gasteiger partial charge >= 0.3 is 0 Å². The fourth-order valence-electron chi connectivity index (χ4n) is 3.33. The molecule has 0 aliphatic heterocycles. The number of nitrogens with zero attached hydrogens (tertiary/aromatic N) is 3. The first-order valence-corrected chi connectivity index (χ1v) is 9.66. The molecule has 0 unspecified atom stereocenters. The molecule has 1 aromatic carbocycles. The topological polar surface area (TPSA) is 95.3 Å². The Labute approximate surface area is 163 Å². The highest BCUT2D eigenvalue weighted by atomic mass is 32.1. The molecule has 1 fully saturated rings. The number of aryl methyl sites for hydroxylation is 1. The molecule has 0 bridgehead atoms. The molecule has 1 aromatic heterocycles. The lowest BCUT2D eigenvalue weighted by molar-refractivity contribution is -0.307. The number of H-pyrrole nitrogens is 1. The van der Waals surface area contributed by atoms with E-state index in [-0.39, 0.29) is 0 Å². The zero-order valence-corrected chi connectivity index (χ0v) is 15.9. The minimum atomic E-state index is -1.25. The smallest absolute Gasteiger partial charge is 0.216 e. The van der Waals surface area contributed by atoms with E-state index in [1.54, 1.807) is 35.2 Å². The van der Waals surface area contributed by atoms with E-state index >= 15 is 0 Å². The van der Waals surface area contributed by atoms with Gasteiger partial charge in [0.2, 0.25) is 4.77 Å². The average Bonchev–Trinajstić information content (AvgIpc) is 3.04. The number of hydrogen-bond acceptors (Lipinski definition) is 6. The fourth-order valence-corrected chi connectivity index (χ4v) is 3.53. The van der Waals surface area contributed by atoms with Crippen molar-refractivity contribution in [3.05, 3.63) is 40.4 Å². The summed E-state index contributed by atoms with van der Waals surface area (Å²) in [5, 5.41) is 22.0. The van der Waals surface area contributed by atoms with Crippen LogP contribution in [-0.4, -0.2) is 33.7 Å². The normalized spacial score (nSPS) is 15.3. The van der Waals surface area contributed by atoms with Crippen molar-refractivity contribution in [2.24, 2.45) is 11.0 Å². The Hall–Kier alpha value is -2.48. The lowest BCUT2D eigenvalue weighted by Gasteiger charge is -2.20. The van der Waals surface area contributed by atoms with Gasteiger partial charge in [-0.05, 0) is 54.4 Å². The van der Waals surface area contributed by atoms with Gasteiger partial charge in [-0.1, -0.05) is 32.1 Å². The summed E-state index contributed by atoms with van der Waals surface area (Å²) < 4.78 is 7.19. The van der Waals surface area contributed by atoms with Gasteiger partial charge in [-0.3, -0.25) is 5.10 Å². The van der Waals surface area contributed by atoms with Crippen LogP contribution in [0.2, 0.25) is 0 Å². The van der Waals surface area contributed by atoms with Crippen molar-refractivity contribution in [2.75, 3.05) is 6.61 Å². The Morgan fingerprint density at radius 1 is 1.33 bits per heavy atom. The number of aromatic nitrogens is 3. The highest BCUT2D eigenvalue weighted by Gasteiger charge is 2.15. The Kier molecular flexibility index (Phi) is 6.75. The number of carboxylic acids is 1. The highest BCUT2D eigenvalue weighted by Crippen LogP contribution is 2.27. The molecule has 144 valence electrons. The van der Waals surface area contributed by atoms with Crippen molar-refractivity contribution in [1.29, 1.82) is 0 Å². The third-order valence-electron chi connectivity index (χ3n) is 4.78. The van der Waals surface area contributed by atoms with E-state index in [2.05, 4.69) is 15.3 Å². The molecule has 0 saturated heterocycles. The van der Waals surface area contributed by atoms with E-state index in [1.807, 2.05) is 0 Å². The van der Waals surface area contributed by atoms with Crippen LogP contribution in [0.5, 0.6) is 5.75 Å². The lowest BCUT2D eigenvalue weighted by atomic mass is 9.86. The second kappa shape index (κ2) is 9.45. The summed E-state index contributed by atoms with van der Waals surface area (Å²) in [5.41, 5.74) is 0.845. The molecule has 27 heavy (non-hydrogen) atoms. The van der Waals surface area contributed by atoms with E-state index in [1.165, 1.54) is 32.1 Å². The minimum absolute atomic E-state index is 0.462. The van der Waals surface area contributed by atoms with Crippen molar-refractivity contribution >= 4 is 24.4 Å². The molecule has 0 atom stereocenters. The van der Waals surface area contributed by atoms with Crippen molar-refractivity contribution in [3.63, 3.8) is 0 Å². The number of benzene rings is 1. The molecule has 0 spiro atoms. The quantitative estimate of drug-likeness (QED) is 0.554. The number of ether oxygens (including phenoxy) is 1. The summed E-state index contributed by atoms with van der Waals surface area (Å²) >= 11 is 5.29. The maximum Gasteiger partial charge on any atom is 0.216 e. The van der Waals surface area contributed by atoms with Crippen LogP contribution in [0.15, 0.2) is 29.4 Å². The SMILES string of the molecule is O=C([O-])COc1ccc(/C=N\n2c(CCC3CCCCC3)n[nH]c2=S)cc1. The van der Waals surface area contributed by atoms with Crippen LogP contribution in [-0.2, 0) is 11.2 Å². The standard InChI is InChI=1S/C19H24N4O3S/c24-18(25)13-26-16-9-6-15(7-10-16)12-20-23-17(21-22-19(23)27)11-8-14-4-2-1-3-5-14/h6-7,9-10,12,14H,1-5,8,11,13H2,(H,22,27)(H,24,25)/p-1/b20-12-. The minimum Gasteiger partial charge on any atom is -0.546 e. The molecule has 8 heteroatoms. The number of carbonyl (C=O) groups is 1. The van der Waals surface area contributed by atoms with E-state index in [0.29, 0.717) is 10.5 Å². The number of aliphatic carboxylic acids is 1. The van der Waals surface area contributed by atoms with Gasteiger partial charge in [-0.15, -0.1) is 0 Å². The lowest BCUT2D eigenvalue weighted by Crippen LogP contribution is -2.28. The number of rotatable bonds is 8. The number of nitrogens with one attached hydrogen (secondary N) is 1. The number of hydrogen-bond donors (Lipinski definition) is 1. The van der Waals surface area contributed by atoms with Crippen LogP contribution in [0.4, 0.5) is 0 Å². The van der Waals surface area contributed by atoms with Gasteiger partial charge in [0.1, 0.15) is 12.4 Å². The maximum absolute atomic E-state index is 10.4. The molecular formula is C19H23N4O3S-. The van der Waals surface area contributed by atoms with Crippen LogP contribution < -0.4 is 9.84 Å². The summed E-state index contributed by atoms with van der Waals surface area (Å²) in [6.07, 6.45) is 10.3. The zero-order chi connectivity index (χ0) is 19.1. The predicted molar refractivity (Wildman–Crippen MR) is 102 cm³/mol. The number of carboxylic acid groups (broad SMARTS) is 1. The molecule has 1 saturated carbocycles. The Morgan fingerprint density at radius 3 is 2.78 bits per heavy atom. The Morgan fingerprint density at radius 2 is 2.07 bits per heavy atom. The van der Waals surface area contributed by atoms with Gasteiger partial charge in [0.05, 0.1) is 12.2 Å². The fraction of sp³-hybridized carbons (Fsp3) is 0.474. The monoisotopic (exact) mass is 387 g/mol. The molecule has 1 aliphatic rings. The zero-order valence-electron chi connectivity index (χ0n) is 15.1. The van der Waals surface area contributed by atoms with Gasteiger partial charge in [-0.2, -0.15) is 14.9 Å². The molecular weight excluding hydrogens is 364 g/mol. The second-order valence-electron chi connectivity index (χ2n) is 6.77. The van der Waals surface area contributed by atoms with Crippen molar-refractivity contribution < 1.29 is 14.6 Å². The van der Waals surface area contributed by atoms with Crippen molar-refractivity contribution in [1.82, 2.24) is 14.9 Å². The van der Waals surface area contributed by atoms with Crippen LogP contribution in [0, 0.1) is 10.7 Å². The summed E-state index contributed by atoms with van der Waals surface area (Å²) in [7, 11) is 0. The average molecular weight is 387 g/mol. The molecule has 1 aliphatic carbocycles. The van der Waals surface area contributed by atoms with Gasteiger partial charge in [0.15, 0.2) is 5.82 Å². The largest absolute Gasteiger partial charge is 0.546 e. The molecule has 2 aromatic rings. The molecule has 0 radical (unpaired) electrons. The van der Waals surface area contributed by atoms with E-state index in [9.17, 15) is 9.90 Å². The van der Waals surface area contributed by atoms with Crippen LogP contribution in [0.1, 0.15) is 49.9 Å². The highest BCUT2D eigenvalue weighted by molar-refractivity contribution is 7.71. The first-order valence-electron chi connectivity index (χ1n) is 9.25. The van der Waals surface area contributed by atoms with E-state index in [0.717, 1.165) is 30.1 Å². The Bertz CT molecular complexity index is 835. The van der Waals surface area contributed by atoms with Crippen molar-refractivity contribution in [2.45, 2.75) is 44.9 Å². The first-order chi connectivity index (χ1) is 13.1. The van der Waals surface area contributed by atoms with Crippen LogP contribution in [0.25, 0.3) is 0 Å². The predicted octanol–water partition coefficient (Wildman–Crippen LogP) is 2.46. The van der Waals surface area contributed by atoms with E-state index < -0.39 is 12.6 Å². The Balaban J connectivity index is 1.61. The van der Waals surface area contributed by atoms with Gasteiger partial charge in [0, 0.05) is 6.42 Å². The molecule has 1 N–H and O–H groups in total. The van der Waals surface area contributed by atoms with E-state index in [4.69, 9.17) is 17.0 Å². The van der Waals surface area contributed by atoms with Crippen LogP contribution in [0.3, 0.4) is 0 Å². The molecule has 7 nitrogen and oxygen atoms in total. The number of aromatic amines is 1. The summed E-state index contributed by atoms with van der Waals surface area (Å²) in [4.78, 5) is 10.4. The summed E-state index contributed by atoms with van der Waals surface area (Å²) in [5.74, 6) is 0.825. The molecule has 1 heterocycles. The van der Waals surface area contributed by atoms with Gasteiger partial charge < -0.3 is 14.6 Å². The van der Waals surface area contributed by atoms with Crippen molar-refractivity contribution in [3.8, 4) is 5.75 Å². The van der Waals surface area contributed by atoms with Gasteiger partial charge in [-0.25, -0.2) is 0 Å². The number of carbonyl (C=O) groups excluding carboxylic acids is 1. The maximum atomic E-state index is 10.4. The first kappa shape index (κ1) is 19.3. The summed E-state index contributed by atoms with van der Waals surface area (Å²) in [6, 6.07) is 6.95. The second-order valence-corrected chi connectivity index (χ2v) is 7.16. The molecule has 0 amide bonds. The third kappa shape index (κ3) is 5.75. The third-order valence-corrected chi connectivity index (χ3v) is 5.04. The van der Waals surface area contributed by atoms with Crippen LogP contribution >= 0.6 is 12.2 Å².